The van der Waals surface area contributed by atoms with Gasteiger partial charge in [0.2, 0.25) is 12.9 Å². The van der Waals surface area contributed by atoms with E-state index in [0.717, 1.165) is 5.56 Å². The Bertz CT molecular complexity index is 836. The highest BCUT2D eigenvalue weighted by Gasteiger charge is 2.27. The molecule has 1 atom stereocenters. The van der Waals surface area contributed by atoms with E-state index in [1.807, 2.05) is 18.2 Å². The lowest BCUT2D eigenvalue weighted by molar-refractivity contribution is -0.131. The van der Waals surface area contributed by atoms with Crippen molar-refractivity contribution in [1.82, 2.24) is 10.9 Å². The number of carbonyl (C=O) groups is 1. The number of benzene rings is 2. The van der Waals surface area contributed by atoms with Crippen LogP contribution in [0.4, 0.5) is 0 Å². The SMILES string of the molecule is C=C(NNC(=O)[C@@H]1COc2ccccc2O1)c1ccc2c(c1)OCO2. The van der Waals surface area contributed by atoms with E-state index in [1.54, 1.807) is 24.3 Å². The topological polar surface area (TPSA) is 78.1 Å². The number of para-hydroxylation sites is 2. The zero-order chi connectivity index (χ0) is 17.2. The van der Waals surface area contributed by atoms with Gasteiger partial charge < -0.3 is 18.9 Å². The number of rotatable bonds is 4. The lowest BCUT2D eigenvalue weighted by Gasteiger charge is -2.25. The fourth-order valence-electron chi connectivity index (χ4n) is 2.52. The van der Waals surface area contributed by atoms with Gasteiger partial charge in [-0.05, 0) is 30.3 Å². The zero-order valence-corrected chi connectivity index (χ0v) is 13.3. The molecule has 128 valence electrons. The minimum Gasteiger partial charge on any atom is -0.485 e. The molecule has 2 aromatic carbocycles. The number of fused-ring (bicyclic) bond motifs is 2. The van der Waals surface area contributed by atoms with Gasteiger partial charge in [-0.1, -0.05) is 18.7 Å². The van der Waals surface area contributed by atoms with Gasteiger partial charge in [-0.2, -0.15) is 0 Å². The molecule has 25 heavy (non-hydrogen) atoms. The van der Waals surface area contributed by atoms with Gasteiger partial charge in [-0.15, -0.1) is 0 Å². The Balaban J connectivity index is 1.35. The zero-order valence-electron chi connectivity index (χ0n) is 13.3. The maximum Gasteiger partial charge on any atom is 0.282 e. The van der Waals surface area contributed by atoms with Gasteiger partial charge in [-0.25, -0.2) is 0 Å². The van der Waals surface area contributed by atoms with Crippen LogP contribution in [0.15, 0.2) is 49.0 Å². The second-order valence-corrected chi connectivity index (χ2v) is 5.53. The molecular formula is C18H16N2O5. The highest BCUT2D eigenvalue weighted by molar-refractivity contribution is 5.82. The van der Waals surface area contributed by atoms with E-state index in [0.29, 0.717) is 28.7 Å². The van der Waals surface area contributed by atoms with Crippen molar-refractivity contribution in [2.24, 2.45) is 0 Å². The molecule has 0 unspecified atom stereocenters. The van der Waals surface area contributed by atoms with E-state index in [9.17, 15) is 4.79 Å². The Kier molecular flexibility index (Phi) is 3.81. The summed E-state index contributed by atoms with van der Waals surface area (Å²) < 4.78 is 21.8. The molecule has 0 fully saturated rings. The van der Waals surface area contributed by atoms with Gasteiger partial charge in [0.05, 0.1) is 5.70 Å². The summed E-state index contributed by atoms with van der Waals surface area (Å²) in [5, 5.41) is 0. The van der Waals surface area contributed by atoms with Crippen LogP contribution in [0.1, 0.15) is 5.56 Å². The third kappa shape index (κ3) is 3.03. The molecule has 0 saturated carbocycles. The molecule has 1 amide bonds. The van der Waals surface area contributed by atoms with E-state index in [1.165, 1.54) is 0 Å². The van der Waals surface area contributed by atoms with Gasteiger partial charge in [0.25, 0.3) is 5.91 Å². The molecule has 0 bridgehead atoms. The number of hydrogen-bond donors (Lipinski definition) is 2. The molecule has 2 aliphatic rings. The van der Waals surface area contributed by atoms with E-state index < -0.39 is 6.10 Å². The average Bonchev–Trinajstić information content (AvgIpc) is 3.13. The molecule has 7 heteroatoms. The second kappa shape index (κ2) is 6.27. The molecular weight excluding hydrogens is 324 g/mol. The van der Waals surface area contributed by atoms with Crippen molar-refractivity contribution < 1.29 is 23.7 Å². The number of hydrogen-bond acceptors (Lipinski definition) is 6. The molecule has 0 radical (unpaired) electrons. The largest absolute Gasteiger partial charge is 0.485 e. The molecule has 0 spiro atoms. The molecule has 2 aromatic rings. The van der Waals surface area contributed by atoms with Gasteiger partial charge in [0.1, 0.15) is 6.61 Å². The highest BCUT2D eigenvalue weighted by atomic mass is 16.7. The van der Waals surface area contributed by atoms with Crippen molar-refractivity contribution in [3.63, 3.8) is 0 Å². The summed E-state index contributed by atoms with van der Waals surface area (Å²) in [7, 11) is 0. The fourth-order valence-corrected chi connectivity index (χ4v) is 2.52. The summed E-state index contributed by atoms with van der Waals surface area (Å²) in [5.41, 5.74) is 6.66. The first kappa shape index (κ1) is 15.2. The van der Waals surface area contributed by atoms with Gasteiger partial charge in [0.15, 0.2) is 23.0 Å². The quantitative estimate of drug-likeness (QED) is 0.827. The summed E-state index contributed by atoms with van der Waals surface area (Å²) in [6.07, 6.45) is -0.744. The van der Waals surface area contributed by atoms with Crippen molar-refractivity contribution in [3.05, 3.63) is 54.6 Å². The number of carbonyl (C=O) groups excluding carboxylic acids is 1. The van der Waals surface area contributed by atoms with Crippen molar-refractivity contribution in [2.45, 2.75) is 6.10 Å². The summed E-state index contributed by atoms with van der Waals surface area (Å²) in [6.45, 7) is 4.25. The molecule has 7 nitrogen and oxygen atoms in total. The minimum absolute atomic E-state index is 0.140. The standard InChI is InChI=1S/C18H16N2O5/c1-11(12-6-7-14-16(8-12)24-10-23-14)19-20-18(21)17-9-22-13-4-2-3-5-15(13)25-17/h2-8,17,19H,1,9-10H2,(H,20,21)/t17-/m0/s1. The third-order valence-corrected chi connectivity index (χ3v) is 3.86. The van der Waals surface area contributed by atoms with Crippen LogP contribution in [0.3, 0.4) is 0 Å². The average molecular weight is 340 g/mol. The van der Waals surface area contributed by atoms with Crippen molar-refractivity contribution in [3.8, 4) is 23.0 Å². The number of amides is 1. The lowest BCUT2D eigenvalue weighted by atomic mass is 10.1. The summed E-state index contributed by atoms with van der Waals surface area (Å²) in [5.74, 6) is 2.16. The summed E-state index contributed by atoms with van der Waals surface area (Å²) >= 11 is 0. The summed E-state index contributed by atoms with van der Waals surface area (Å²) in [4.78, 5) is 12.3. The maximum absolute atomic E-state index is 12.3. The third-order valence-electron chi connectivity index (χ3n) is 3.86. The minimum atomic E-state index is -0.744. The van der Waals surface area contributed by atoms with Crippen LogP contribution in [-0.2, 0) is 4.79 Å². The molecule has 2 aliphatic heterocycles. The first-order valence-corrected chi connectivity index (χ1v) is 7.74. The van der Waals surface area contributed by atoms with Gasteiger partial charge in [-0.3, -0.25) is 15.6 Å². The number of ether oxygens (including phenoxy) is 4. The van der Waals surface area contributed by atoms with Crippen LogP contribution in [0.5, 0.6) is 23.0 Å². The number of hydrazine groups is 1. The normalized spacial score (nSPS) is 16.9. The lowest BCUT2D eigenvalue weighted by Crippen LogP contribution is -2.48. The van der Waals surface area contributed by atoms with Crippen molar-refractivity contribution in [1.29, 1.82) is 0 Å². The maximum atomic E-state index is 12.3. The first-order valence-electron chi connectivity index (χ1n) is 7.74. The van der Waals surface area contributed by atoms with Crippen LogP contribution in [0.2, 0.25) is 0 Å². The van der Waals surface area contributed by atoms with Crippen LogP contribution in [0, 0.1) is 0 Å². The smallest absolute Gasteiger partial charge is 0.282 e. The molecule has 2 heterocycles. The Morgan fingerprint density at radius 3 is 2.60 bits per heavy atom. The highest BCUT2D eigenvalue weighted by Crippen LogP contribution is 2.34. The van der Waals surface area contributed by atoms with E-state index in [-0.39, 0.29) is 19.3 Å². The Labute approximate surface area is 144 Å². The predicted octanol–water partition coefficient (Wildman–Crippen LogP) is 1.85. The van der Waals surface area contributed by atoms with Gasteiger partial charge in [0, 0.05) is 5.56 Å². The second-order valence-electron chi connectivity index (χ2n) is 5.53. The number of nitrogens with one attached hydrogen (secondary N) is 2. The van der Waals surface area contributed by atoms with Crippen LogP contribution >= 0.6 is 0 Å². The Morgan fingerprint density at radius 2 is 1.72 bits per heavy atom. The molecule has 2 N–H and O–H groups in total. The Morgan fingerprint density at radius 1 is 0.960 bits per heavy atom. The first-order chi connectivity index (χ1) is 12.2. The Hall–Kier alpha value is -3.35. The molecule has 0 saturated heterocycles. The van der Waals surface area contributed by atoms with Crippen LogP contribution < -0.4 is 29.8 Å². The van der Waals surface area contributed by atoms with E-state index >= 15 is 0 Å². The predicted molar refractivity (Wildman–Crippen MR) is 89.2 cm³/mol. The fraction of sp³-hybridized carbons (Fsp3) is 0.167. The monoisotopic (exact) mass is 340 g/mol. The molecule has 0 aromatic heterocycles. The van der Waals surface area contributed by atoms with Crippen LogP contribution in [-0.4, -0.2) is 25.4 Å². The van der Waals surface area contributed by atoms with Crippen molar-refractivity contribution in [2.75, 3.05) is 13.4 Å². The van der Waals surface area contributed by atoms with E-state index in [2.05, 4.69) is 17.4 Å². The van der Waals surface area contributed by atoms with Crippen LogP contribution in [0.25, 0.3) is 5.70 Å². The molecule has 0 aliphatic carbocycles. The summed E-state index contributed by atoms with van der Waals surface area (Å²) in [6, 6.07) is 12.6. The van der Waals surface area contributed by atoms with Gasteiger partial charge >= 0.3 is 0 Å². The molecule has 4 rings (SSSR count). The van der Waals surface area contributed by atoms with Crippen molar-refractivity contribution >= 4 is 11.6 Å². The van der Waals surface area contributed by atoms with E-state index in [4.69, 9.17) is 18.9 Å².